The highest BCUT2D eigenvalue weighted by atomic mass is 16.1. The van der Waals surface area contributed by atoms with Crippen LogP contribution in [0.15, 0.2) is 30.6 Å². The minimum Gasteiger partial charge on any atom is -0.324 e. The van der Waals surface area contributed by atoms with Gasteiger partial charge in [-0.2, -0.15) is 0 Å². The van der Waals surface area contributed by atoms with Gasteiger partial charge in [-0.1, -0.05) is 12.2 Å². The van der Waals surface area contributed by atoms with Crippen LogP contribution < -0.4 is 5.32 Å². The first-order chi connectivity index (χ1) is 7.77. The second kappa shape index (κ2) is 4.92. The van der Waals surface area contributed by atoms with Crippen molar-refractivity contribution in [1.82, 2.24) is 4.98 Å². The molecule has 3 nitrogen and oxygen atoms in total. The zero-order valence-corrected chi connectivity index (χ0v) is 9.44. The normalized spacial score (nSPS) is 19.4. The first-order valence-electron chi connectivity index (χ1n) is 5.64. The fourth-order valence-electron chi connectivity index (χ4n) is 1.86. The molecule has 1 aromatic heterocycles. The van der Waals surface area contributed by atoms with Crippen LogP contribution in [-0.4, -0.2) is 10.9 Å². The first-order valence-corrected chi connectivity index (χ1v) is 5.64. The predicted octanol–water partition coefficient (Wildman–Crippen LogP) is 2.68. The van der Waals surface area contributed by atoms with Gasteiger partial charge in [0.05, 0.1) is 11.9 Å². The van der Waals surface area contributed by atoms with Gasteiger partial charge in [0.1, 0.15) is 0 Å². The molecule has 3 heteroatoms. The zero-order valence-electron chi connectivity index (χ0n) is 9.44. The van der Waals surface area contributed by atoms with Gasteiger partial charge in [0, 0.05) is 12.1 Å². The molecule has 1 N–H and O–H groups in total. The molecule has 0 fully saturated rings. The van der Waals surface area contributed by atoms with Gasteiger partial charge in [-0.25, -0.2) is 0 Å². The second-order valence-electron chi connectivity index (χ2n) is 4.16. The Morgan fingerprint density at radius 3 is 3.06 bits per heavy atom. The molecule has 1 unspecified atom stereocenters. The third kappa shape index (κ3) is 2.48. The molecule has 0 aliphatic heterocycles. The molecule has 0 radical (unpaired) electrons. The van der Waals surface area contributed by atoms with Crippen molar-refractivity contribution in [2.45, 2.75) is 26.2 Å². The summed E-state index contributed by atoms with van der Waals surface area (Å²) >= 11 is 0. The van der Waals surface area contributed by atoms with E-state index in [0.29, 0.717) is 0 Å². The number of hydrogen-bond donors (Lipinski definition) is 1. The van der Waals surface area contributed by atoms with Gasteiger partial charge in [0.25, 0.3) is 0 Å². The summed E-state index contributed by atoms with van der Waals surface area (Å²) in [6.45, 7) is 1.97. The number of nitrogens with one attached hydrogen (secondary N) is 1. The number of aryl methyl sites for hydroxylation is 1. The van der Waals surface area contributed by atoms with Crippen LogP contribution >= 0.6 is 0 Å². The molecule has 0 saturated carbocycles. The Morgan fingerprint density at radius 2 is 2.38 bits per heavy atom. The maximum atomic E-state index is 11.9. The van der Waals surface area contributed by atoms with Crippen molar-refractivity contribution in [2.24, 2.45) is 5.92 Å². The molecule has 0 saturated heterocycles. The van der Waals surface area contributed by atoms with E-state index >= 15 is 0 Å². The van der Waals surface area contributed by atoms with Crippen LogP contribution in [0.2, 0.25) is 0 Å². The molecule has 1 aliphatic rings. The number of nitrogens with zero attached hydrogens (tertiary/aromatic N) is 1. The smallest absolute Gasteiger partial charge is 0.227 e. The van der Waals surface area contributed by atoms with E-state index in [9.17, 15) is 4.79 Å². The van der Waals surface area contributed by atoms with Crippen LogP contribution in [0.1, 0.15) is 24.8 Å². The zero-order chi connectivity index (χ0) is 11.4. The summed E-state index contributed by atoms with van der Waals surface area (Å²) in [5, 5.41) is 2.94. The summed E-state index contributed by atoms with van der Waals surface area (Å²) in [5.74, 6) is 0.227. The highest BCUT2D eigenvalue weighted by molar-refractivity contribution is 5.93. The van der Waals surface area contributed by atoms with Gasteiger partial charge in [-0.3, -0.25) is 9.78 Å². The molecule has 0 spiro atoms. The molecule has 1 heterocycles. The Morgan fingerprint density at radius 1 is 1.50 bits per heavy atom. The lowest BCUT2D eigenvalue weighted by Gasteiger charge is -2.17. The summed E-state index contributed by atoms with van der Waals surface area (Å²) in [4.78, 5) is 16.0. The van der Waals surface area contributed by atoms with E-state index in [-0.39, 0.29) is 11.8 Å². The standard InChI is InChI=1S/C13H16N2O/c1-10-7-8-14-9-12(10)15-13(16)11-5-3-2-4-6-11/h2-3,7-9,11H,4-6H2,1H3,(H,15,16). The highest BCUT2D eigenvalue weighted by Gasteiger charge is 2.18. The molecule has 1 atom stereocenters. The van der Waals surface area contributed by atoms with Crippen molar-refractivity contribution >= 4 is 11.6 Å². The summed E-state index contributed by atoms with van der Waals surface area (Å²) in [6, 6.07) is 1.90. The maximum Gasteiger partial charge on any atom is 0.227 e. The summed E-state index contributed by atoms with van der Waals surface area (Å²) in [6.07, 6.45) is 10.5. The number of pyridine rings is 1. The van der Waals surface area contributed by atoms with E-state index < -0.39 is 0 Å². The topological polar surface area (TPSA) is 42.0 Å². The summed E-state index contributed by atoms with van der Waals surface area (Å²) < 4.78 is 0. The van der Waals surface area contributed by atoms with Crippen molar-refractivity contribution in [1.29, 1.82) is 0 Å². The SMILES string of the molecule is Cc1ccncc1NC(=O)C1CC=CCC1. The Bertz CT molecular complexity index is 412. The number of rotatable bonds is 2. The summed E-state index contributed by atoms with van der Waals surface area (Å²) in [5.41, 5.74) is 1.87. The third-order valence-electron chi connectivity index (χ3n) is 2.94. The van der Waals surface area contributed by atoms with Crippen molar-refractivity contribution in [3.05, 3.63) is 36.2 Å². The number of aromatic nitrogens is 1. The van der Waals surface area contributed by atoms with Gasteiger partial charge in [0.15, 0.2) is 0 Å². The maximum absolute atomic E-state index is 11.9. The molecule has 2 rings (SSSR count). The van der Waals surface area contributed by atoms with Crippen LogP contribution in [0.25, 0.3) is 0 Å². The van der Waals surface area contributed by atoms with Crippen molar-refractivity contribution in [2.75, 3.05) is 5.32 Å². The number of anilines is 1. The molecule has 1 amide bonds. The van der Waals surface area contributed by atoms with Crippen LogP contribution in [0, 0.1) is 12.8 Å². The third-order valence-corrected chi connectivity index (χ3v) is 2.94. The number of hydrogen-bond acceptors (Lipinski definition) is 2. The quantitative estimate of drug-likeness (QED) is 0.772. The van der Waals surface area contributed by atoms with Crippen LogP contribution in [0.3, 0.4) is 0 Å². The molecule has 0 aromatic carbocycles. The van der Waals surface area contributed by atoms with E-state index in [4.69, 9.17) is 0 Å². The minimum absolute atomic E-state index is 0.112. The van der Waals surface area contributed by atoms with E-state index in [1.807, 2.05) is 13.0 Å². The molecule has 0 bridgehead atoms. The van der Waals surface area contributed by atoms with Crippen molar-refractivity contribution in [3.8, 4) is 0 Å². The Balaban J connectivity index is 2.02. The number of amides is 1. The Hall–Kier alpha value is -1.64. The molecular weight excluding hydrogens is 200 g/mol. The predicted molar refractivity (Wildman–Crippen MR) is 64.1 cm³/mol. The lowest BCUT2D eigenvalue weighted by molar-refractivity contribution is -0.120. The van der Waals surface area contributed by atoms with Gasteiger partial charge in [-0.15, -0.1) is 0 Å². The number of carbonyl (C=O) groups is 1. The van der Waals surface area contributed by atoms with Gasteiger partial charge in [-0.05, 0) is 37.8 Å². The van der Waals surface area contributed by atoms with Crippen molar-refractivity contribution in [3.63, 3.8) is 0 Å². The second-order valence-corrected chi connectivity index (χ2v) is 4.16. The molecule has 84 valence electrons. The number of allylic oxidation sites excluding steroid dienone is 2. The fourth-order valence-corrected chi connectivity index (χ4v) is 1.86. The molecule has 1 aromatic rings. The summed E-state index contributed by atoms with van der Waals surface area (Å²) in [7, 11) is 0. The largest absolute Gasteiger partial charge is 0.324 e. The monoisotopic (exact) mass is 216 g/mol. The molecule has 1 aliphatic carbocycles. The average molecular weight is 216 g/mol. The number of carbonyl (C=O) groups excluding carboxylic acids is 1. The van der Waals surface area contributed by atoms with E-state index in [2.05, 4.69) is 22.5 Å². The van der Waals surface area contributed by atoms with Crippen LogP contribution in [0.5, 0.6) is 0 Å². The highest BCUT2D eigenvalue weighted by Crippen LogP contribution is 2.21. The average Bonchev–Trinajstić information content (AvgIpc) is 2.33. The van der Waals surface area contributed by atoms with Gasteiger partial charge >= 0.3 is 0 Å². The first kappa shape index (κ1) is 10.9. The van der Waals surface area contributed by atoms with Crippen LogP contribution in [-0.2, 0) is 4.79 Å². The van der Waals surface area contributed by atoms with E-state index in [1.54, 1.807) is 12.4 Å². The van der Waals surface area contributed by atoms with E-state index in [0.717, 1.165) is 30.5 Å². The molecular formula is C13H16N2O. The fraction of sp³-hybridized carbons (Fsp3) is 0.385. The minimum atomic E-state index is 0.112. The lowest BCUT2D eigenvalue weighted by Crippen LogP contribution is -2.23. The van der Waals surface area contributed by atoms with Crippen molar-refractivity contribution < 1.29 is 4.79 Å². The van der Waals surface area contributed by atoms with Crippen LogP contribution in [0.4, 0.5) is 5.69 Å². The Kier molecular flexibility index (Phi) is 3.34. The Labute approximate surface area is 95.6 Å². The van der Waals surface area contributed by atoms with Gasteiger partial charge < -0.3 is 5.32 Å². The van der Waals surface area contributed by atoms with Gasteiger partial charge in [0.2, 0.25) is 5.91 Å². The molecule has 16 heavy (non-hydrogen) atoms. The lowest BCUT2D eigenvalue weighted by atomic mass is 9.93. The van der Waals surface area contributed by atoms with E-state index in [1.165, 1.54) is 0 Å².